The second kappa shape index (κ2) is 5.01. The SMILES string of the molecule is C=C([CH2-])OC.[Li+]. The summed E-state index contributed by atoms with van der Waals surface area (Å²) in [6, 6.07) is 0. The maximum Gasteiger partial charge on any atom is 1.00 e. The summed E-state index contributed by atoms with van der Waals surface area (Å²) in [6.07, 6.45) is 0. The summed E-state index contributed by atoms with van der Waals surface area (Å²) < 4.78 is 4.44. The van der Waals surface area contributed by atoms with E-state index in [9.17, 15) is 0 Å². The third-order valence-electron chi connectivity index (χ3n) is 0.289. The van der Waals surface area contributed by atoms with Gasteiger partial charge in [-0.2, -0.15) is 0 Å². The minimum Gasteiger partial charge on any atom is -0.535 e. The fourth-order valence-corrected chi connectivity index (χ4v) is 0. The maximum atomic E-state index is 4.44. The van der Waals surface area contributed by atoms with Gasteiger partial charge in [0.25, 0.3) is 0 Å². The van der Waals surface area contributed by atoms with Gasteiger partial charge in [-0.3, -0.25) is 0 Å². The van der Waals surface area contributed by atoms with E-state index in [0.29, 0.717) is 5.76 Å². The van der Waals surface area contributed by atoms with E-state index in [0.717, 1.165) is 0 Å². The molecule has 0 saturated carbocycles. The molecule has 0 heterocycles. The van der Waals surface area contributed by atoms with Crippen LogP contribution in [0.3, 0.4) is 0 Å². The Kier molecular flexibility index (Phi) is 7.83. The predicted octanol–water partition coefficient (Wildman–Crippen LogP) is -2.02. The van der Waals surface area contributed by atoms with E-state index < -0.39 is 0 Å². The molecule has 0 amide bonds. The Labute approximate surface area is 50.6 Å². The molecular formula is C4H7LiO. The number of ether oxygens (including phenoxy) is 1. The summed E-state index contributed by atoms with van der Waals surface area (Å²) in [5.74, 6) is 0.505. The number of rotatable bonds is 1. The minimum atomic E-state index is 0. The fraction of sp³-hybridized carbons (Fsp3) is 0.250. The molecule has 0 rings (SSSR count). The van der Waals surface area contributed by atoms with Crippen molar-refractivity contribution in [3.05, 3.63) is 19.3 Å². The summed E-state index contributed by atoms with van der Waals surface area (Å²) in [5.41, 5.74) is 0. The second-order valence-corrected chi connectivity index (χ2v) is 0.743. The van der Waals surface area contributed by atoms with Crippen LogP contribution in [0, 0.1) is 6.92 Å². The van der Waals surface area contributed by atoms with Gasteiger partial charge >= 0.3 is 18.9 Å². The summed E-state index contributed by atoms with van der Waals surface area (Å²) in [4.78, 5) is 0. The average molecular weight is 78.0 g/mol. The van der Waals surface area contributed by atoms with Gasteiger partial charge < -0.3 is 4.74 Å². The Morgan fingerprint density at radius 3 is 2.00 bits per heavy atom. The smallest absolute Gasteiger partial charge is 0.535 e. The van der Waals surface area contributed by atoms with Gasteiger partial charge in [-0.05, 0) is 0 Å². The Morgan fingerprint density at radius 2 is 2.00 bits per heavy atom. The Bertz CT molecular complexity index is 42.8. The van der Waals surface area contributed by atoms with Crippen molar-refractivity contribution in [3.8, 4) is 0 Å². The van der Waals surface area contributed by atoms with Crippen molar-refractivity contribution >= 4 is 0 Å². The number of allylic oxidation sites excluding steroid dienone is 1. The molecule has 0 aromatic heterocycles. The molecule has 0 fully saturated rings. The number of hydrogen-bond acceptors (Lipinski definition) is 1. The molecule has 0 unspecified atom stereocenters. The summed E-state index contributed by atoms with van der Waals surface area (Å²) in [6.45, 7) is 6.68. The van der Waals surface area contributed by atoms with Gasteiger partial charge in [0.2, 0.25) is 0 Å². The monoisotopic (exact) mass is 78.1 g/mol. The molecule has 0 bridgehead atoms. The van der Waals surface area contributed by atoms with Gasteiger partial charge in [0, 0.05) is 0 Å². The fourth-order valence-electron chi connectivity index (χ4n) is 0. The molecule has 6 heavy (non-hydrogen) atoms. The quantitative estimate of drug-likeness (QED) is 0.200. The average Bonchev–Trinajstić information content (AvgIpc) is 1.38. The largest absolute Gasteiger partial charge is 1.00 e. The molecule has 0 saturated heterocycles. The van der Waals surface area contributed by atoms with Gasteiger partial charge in [-0.15, -0.1) is 0 Å². The van der Waals surface area contributed by atoms with E-state index in [-0.39, 0.29) is 18.9 Å². The number of hydrogen-bond donors (Lipinski definition) is 0. The van der Waals surface area contributed by atoms with Crippen LogP contribution >= 0.6 is 0 Å². The van der Waals surface area contributed by atoms with Crippen molar-refractivity contribution in [1.29, 1.82) is 0 Å². The van der Waals surface area contributed by atoms with Gasteiger partial charge in [0.05, 0.1) is 7.11 Å². The van der Waals surface area contributed by atoms with E-state index in [1.165, 1.54) is 7.11 Å². The third-order valence-corrected chi connectivity index (χ3v) is 0.289. The third kappa shape index (κ3) is 8.99. The standard InChI is InChI=1S/C4H7O.Li/c1-4(2)5-3;/h1-2H2,3H3;/q-1;+1. The molecule has 0 aliphatic heterocycles. The first-order valence-corrected chi connectivity index (χ1v) is 1.32. The molecule has 0 aromatic carbocycles. The van der Waals surface area contributed by atoms with Gasteiger partial charge in [-0.1, -0.05) is 5.76 Å². The van der Waals surface area contributed by atoms with Crippen LogP contribution in [0.15, 0.2) is 12.3 Å². The van der Waals surface area contributed by atoms with Crippen molar-refractivity contribution in [3.63, 3.8) is 0 Å². The van der Waals surface area contributed by atoms with E-state index >= 15 is 0 Å². The summed E-state index contributed by atoms with van der Waals surface area (Å²) in [7, 11) is 1.54. The number of methoxy groups -OCH3 is 1. The van der Waals surface area contributed by atoms with Crippen molar-refractivity contribution in [2.75, 3.05) is 7.11 Å². The Hall–Kier alpha value is 0.00740. The molecule has 0 atom stereocenters. The van der Waals surface area contributed by atoms with Gasteiger partial charge in [-0.25, -0.2) is 13.5 Å². The maximum absolute atomic E-state index is 4.44. The topological polar surface area (TPSA) is 9.23 Å². The zero-order valence-electron chi connectivity index (χ0n) is 4.32. The first-order chi connectivity index (χ1) is 2.27. The molecule has 30 valence electrons. The zero-order valence-corrected chi connectivity index (χ0v) is 4.32. The van der Waals surface area contributed by atoms with Crippen LogP contribution in [0.5, 0.6) is 0 Å². The molecule has 0 spiro atoms. The van der Waals surface area contributed by atoms with Gasteiger partial charge in [0.1, 0.15) is 0 Å². The van der Waals surface area contributed by atoms with Crippen LogP contribution < -0.4 is 18.9 Å². The minimum absolute atomic E-state index is 0. The van der Waals surface area contributed by atoms with E-state index in [2.05, 4.69) is 18.2 Å². The molecular weight excluding hydrogens is 71.0 g/mol. The molecule has 0 N–H and O–H groups in total. The molecule has 1 nitrogen and oxygen atoms in total. The molecule has 0 aliphatic rings. The van der Waals surface area contributed by atoms with E-state index in [1.807, 2.05) is 0 Å². The summed E-state index contributed by atoms with van der Waals surface area (Å²) >= 11 is 0. The molecule has 0 aromatic rings. The van der Waals surface area contributed by atoms with Crippen molar-refractivity contribution in [2.24, 2.45) is 0 Å². The normalized spacial score (nSPS) is 5.50. The predicted molar refractivity (Wildman–Crippen MR) is 21.5 cm³/mol. The van der Waals surface area contributed by atoms with Crippen LogP contribution in [0.1, 0.15) is 0 Å². The van der Waals surface area contributed by atoms with Crippen molar-refractivity contribution < 1.29 is 23.6 Å². The first kappa shape index (κ1) is 9.38. The molecule has 0 radical (unpaired) electrons. The molecule has 0 aliphatic carbocycles. The van der Waals surface area contributed by atoms with Crippen LogP contribution in [-0.4, -0.2) is 7.11 Å². The van der Waals surface area contributed by atoms with E-state index in [1.54, 1.807) is 0 Å². The molecule has 2 heteroatoms. The Morgan fingerprint density at radius 1 is 1.83 bits per heavy atom. The zero-order chi connectivity index (χ0) is 4.28. The van der Waals surface area contributed by atoms with Crippen molar-refractivity contribution in [2.45, 2.75) is 0 Å². The second-order valence-electron chi connectivity index (χ2n) is 0.743. The summed E-state index contributed by atoms with van der Waals surface area (Å²) in [5, 5.41) is 0. The van der Waals surface area contributed by atoms with Crippen LogP contribution in [0.25, 0.3) is 0 Å². The van der Waals surface area contributed by atoms with Crippen LogP contribution in [0.4, 0.5) is 0 Å². The first-order valence-electron chi connectivity index (χ1n) is 1.32. The van der Waals surface area contributed by atoms with Gasteiger partial charge in [0.15, 0.2) is 0 Å². The van der Waals surface area contributed by atoms with E-state index in [4.69, 9.17) is 0 Å². The van der Waals surface area contributed by atoms with Crippen molar-refractivity contribution in [1.82, 2.24) is 0 Å². The van der Waals surface area contributed by atoms with Crippen LogP contribution in [-0.2, 0) is 4.74 Å². The Balaban J connectivity index is 0. The van der Waals surface area contributed by atoms with Crippen LogP contribution in [0.2, 0.25) is 0 Å².